The monoisotopic (exact) mass is 331 g/mol. The van der Waals surface area contributed by atoms with Crippen molar-refractivity contribution in [1.29, 1.82) is 0 Å². The van der Waals surface area contributed by atoms with Crippen molar-refractivity contribution < 1.29 is 9.53 Å². The topological polar surface area (TPSA) is 47.4 Å². The first-order valence-corrected chi connectivity index (χ1v) is 7.82. The SMILES string of the molecule is Cc1nc(=S)n(CCc2ccccc2)c(OC(=O)N(C)C)c1C. The molecule has 6 heteroatoms. The van der Waals surface area contributed by atoms with Gasteiger partial charge in [-0.25, -0.2) is 9.78 Å². The predicted octanol–water partition coefficient (Wildman–Crippen LogP) is 3.53. The molecule has 1 amide bonds. The molecule has 23 heavy (non-hydrogen) atoms. The fraction of sp³-hybridized carbons (Fsp3) is 0.353. The molecule has 0 aliphatic carbocycles. The summed E-state index contributed by atoms with van der Waals surface area (Å²) in [6, 6.07) is 10.1. The number of rotatable bonds is 4. The molecule has 2 aromatic rings. The number of benzene rings is 1. The molecule has 122 valence electrons. The molecular weight excluding hydrogens is 310 g/mol. The van der Waals surface area contributed by atoms with Gasteiger partial charge in [0.1, 0.15) is 0 Å². The van der Waals surface area contributed by atoms with Gasteiger partial charge in [0.05, 0.1) is 0 Å². The van der Waals surface area contributed by atoms with E-state index in [9.17, 15) is 4.79 Å². The molecule has 0 bridgehead atoms. The summed E-state index contributed by atoms with van der Waals surface area (Å²) >= 11 is 5.37. The van der Waals surface area contributed by atoms with Crippen molar-refractivity contribution in [3.63, 3.8) is 0 Å². The average Bonchev–Trinajstić information content (AvgIpc) is 2.52. The number of aromatic nitrogens is 2. The van der Waals surface area contributed by atoms with E-state index in [1.54, 1.807) is 18.7 Å². The minimum absolute atomic E-state index is 0.422. The molecule has 0 atom stereocenters. The summed E-state index contributed by atoms with van der Waals surface area (Å²) in [4.78, 5) is 17.7. The maximum absolute atomic E-state index is 11.9. The van der Waals surface area contributed by atoms with Crippen molar-refractivity contribution in [2.45, 2.75) is 26.8 Å². The van der Waals surface area contributed by atoms with E-state index >= 15 is 0 Å². The van der Waals surface area contributed by atoms with Gasteiger partial charge in [0.25, 0.3) is 0 Å². The van der Waals surface area contributed by atoms with Crippen LogP contribution in [0.5, 0.6) is 5.88 Å². The molecule has 0 saturated carbocycles. The first-order chi connectivity index (χ1) is 10.9. The van der Waals surface area contributed by atoms with Gasteiger partial charge in [0.2, 0.25) is 10.7 Å². The van der Waals surface area contributed by atoms with E-state index in [1.165, 1.54) is 10.5 Å². The molecule has 1 aromatic heterocycles. The van der Waals surface area contributed by atoms with Gasteiger partial charge < -0.3 is 9.64 Å². The van der Waals surface area contributed by atoms with E-state index in [4.69, 9.17) is 17.0 Å². The number of nitrogens with zero attached hydrogens (tertiary/aromatic N) is 3. The Morgan fingerprint density at radius 3 is 2.52 bits per heavy atom. The maximum atomic E-state index is 11.9. The number of carbonyl (C=O) groups excluding carboxylic acids is 1. The molecule has 0 fully saturated rings. The average molecular weight is 331 g/mol. The maximum Gasteiger partial charge on any atom is 0.415 e. The van der Waals surface area contributed by atoms with Crippen LogP contribution in [0.4, 0.5) is 4.79 Å². The largest absolute Gasteiger partial charge is 0.415 e. The van der Waals surface area contributed by atoms with E-state index in [-0.39, 0.29) is 0 Å². The third kappa shape index (κ3) is 4.16. The van der Waals surface area contributed by atoms with Crippen LogP contribution < -0.4 is 4.74 Å². The Hall–Kier alpha value is -2.21. The van der Waals surface area contributed by atoms with E-state index in [0.29, 0.717) is 17.2 Å². The normalized spacial score (nSPS) is 10.4. The third-order valence-electron chi connectivity index (χ3n) is 3.62. The van der Waals surface area contributed by atoms with Gasteiger partial charge in [0.15, 0.2) is 0 Å². The highest BCUT2D eigenvalue weighted by molar-refractivity contribution is 7.71. The van der Waals surface area contributed by atoms with Gasteiger partial charge in [-0.05, 0) is 38.0 Å². The summed E-state index contributed by atoms with van der Waals surface area (Å²) in [5.41, 5.74) is 2.78. The summed E-state index contributed by atoms with van der Waals surface area (Å²) in [6.45, 7) is 4.35. The summed E-state index contributed by atoms with van der Waals surface area (Å²) in [7, 11) is 3.29. The lowest BCUT2D eigenvalue weighted by atomic mass is 10.1. The zero-order valence-electron chi connectivity index (χ0n) is 13.9. The van der Waals surface area contributed by atoms with Gasteiger partial charge in [-0.3, -0.25) is 4.57 Å². The number of carbonyl (C=O) groups is 1. The van der Waals surface area contributed by atoms with Crippen LogP contribution in [0.3, 0.4) is 0 Å². The Balaban J connectivity index is 2.35. The molecule has 1 heterocycles. The molecule has 0 aliphatic rings. The molecule has 2 rings (SSSR count). The van der Waals surface area contributed by atoms with E-state index < -0.39 is 6.09 Å². The number of hydrogen-bond donors (Lipinski definition) is 0. The number of ether oxygens (including phenoxy) is 1. The molecular formula is C17H21N3O2S. The minimum atomic E-state index is -0.429. The summed E-state index contributed by atoms with van der Waals surface area (Å²) < 4.78 is 7.74. The van der Waals surface area contributed by atoms with Crippen molar-refractivity contribution in [2.24, 2.45) is 0 Å². The molecule has 5 nitrogen and oxygen atoms in total. The minimum Gasteiger partial charge on any atom is -0.393 e. The van der Waals surface area contributed by atoms with Gasteiger partial charge in [-0.1, -0.05) is 30.3 Å². The molecule has 0 saturated heterocycles. The van der Waals surface area contributed by atoms with Crippen LogP contribution in [-0.4, -0.2) is 34.6 Å². The summed E-state index contributed by atoms with van der Waals surface area (Å²) in [5, 5.41) is 0. The summed E-state index contributed by atoms with van der Waals surface area (Å²) in [6.07, 6.45) is 0.354. The van der Waals surface area contributed by atoms with E-state index in [2.05, 4.69) is 17.1 Å². The van der Waals surface area contributed by atoms with Crippen molar-refractivity contribution in [2.75, 3.05) is 14.1 Å². The van der Waals surface area contributed by atoms with Crippen molar-refractivity contribution in [3.8, 4) is 5.88 Å². The smallest absolute Gasteiger partial charge is 0.393 e. The Bertz CT molecular complexity index is 754. The molecule has 0 spiro atoms. The van der Waals surface area contributed by atoms with E-state index in [0.717, 1.165) is 17.7 Å². The van der Waals surface area contributed by atoms with Crippen LogP contribution in [0.2, 0.25) is 0 Å². The lowest BCUT2D eigenvalue weighted by Crippen LogP contribution is -2.27. The standard InChI is InChI=1S/C17H21N3O2S/c1-12-13(2)18-16(23)20(15(12)22-17(21)19(3)4)11-10-14-8-6-5-7-9-14/h5-9H,10-11H2,1-4H3. The highest BCUT2D eigenvalue weighted by Crippen LogP contribution is 2.22. The van der Waals surface area contributed by atoms with Crippen molar-refractivity contribution in [3.05, 3.63) is 51.9 Å². The zero-order valence-corrected chi connectivity index (χ0v) is 14.7. The number of amides is 1. The predicted molar refractivity (Wildman–Crippen MR) is 92.4 cm³/mol. The lowest BCUT2D eigenvalue weighted by Gasteiger charge is -2.18. The van der Waals surface area contributed by atoms with Crippen LogP contribution in [0.25, 0.3) is 0 Å². The van der Waals surface area contributed by atoms with Gasteiger partial charge in [-0.15, -0.1) is 0 Å². The highest BCUT2D eigenvalue weighted by Gasteiger charge is 2.16. The molecule has 0 radical (unpaired) electrons. The Labute approximate surface area is 141 Å². The second-order valence-corrected chi connectivity index (χ2v) is 5.92. The second-order valence-electron chi connectivity index (χ2n) is 5.56. The number of aryl methyl sites for hydroxylation is 2. The summed E-state index contributed by atoms with van der Waals surface area (Å²) in [5.74, 6) is 0.470. The van der Waals surface area contributed by atoms with Gasteiger partial charge >= 0.3 is 6.09 Å². The first kappa shape index (κ1) is 17.1. The number of hydrogen-bond acceptors (Lipinski definition) is 4. The first-order valence-electron chi connectivity index (χ1n) is 7.41. The van der Waals surface area contributed by atoms with Gasteiger partial charge in [0, 0.05) is 31.9 Å². The van der Waals surface area contributed by atoms with Crippen molar-refractivity contribution >= 4 is 18.3 Å². The van der Waals surface area contributed by atoms with Crippen molar-refractivity contribution in [1.82, 2.24) is 14.5 Å². The second kappa shape index (κ2) is 7.37. The fourth-order valence-corrected chi connectivity index (χ4v) is 2.43. The molecule has 0 aliphatic heterocycles. The van der Waals surface area contributed by atoms with Crippen LogP contribution >= 0.6 is 12.2 Å². The Morgan fingerprint density at radius 2 is 1.91 bits per heavy atom. The fourth-order valence-electron chi connectivity index (χ4n) is 2.12. The highest BCUT2D eigenvalue weighted by atomic mass is 32.1. The lowest BCUT2D eigenvalue weighted by molar-refractivity contribution is 0.166. The van der Waals surface area contributed by atoms with Crippen LogP contribution in [0.1, 0.15) is 16.8 Å². The molecule has 0 unspecified atom stereocenters. The van der Waals surface area contributed by atoms with E-state index in [1.807, 2.05) is 32.0 Å². The Kier molecular flexibility index (Phi) is 5.50. The van der Waals surface area contributed by atoms with Gasteiger partial charge in [-0.2, -0.15) is 0 Å². The van der Waals surface area contributed by atoms with Crippen LogP contribution in [0, 0.1) is 18.6 Å². The van der Waals surface area contributed by atoms with Crippen LogP contribution in [-0.2, 0) is 13.0 Å². The third-order valence-corrected chi connectivity index (χ3v) is 3.93. The Morgan fingerprint density at radius 1 is 1.26 bits per heavy atom. The van der Waals surface area contributed by atoms with Crippen LogP contribution in [0.15, 0.2) is 30.3 Å². The molecule has 1 aromatic carbocycles. The molecule has 0 N–H and O–H groups in total. The quantitative estimate of drug-likeness (QED) is 0.804. The zero-order chi connectivity index (χ0) is 17.0.